The first-order valence-electron chi connectivity index (χ1n) is 6.09. The van der Waals surface area contributed by atoms with Gasteiger partial charge in [0.25, 0.3) is 5.91 Å². The van der Waals surface area contributed by atoms with Crippen LogP contribution in [-0.2, 0) is 0 Å². The lowest BCUT2D eigenvalue weighted by molar-refractivity contribution is 0.102. The molecule has 0 aliphatic rings. The van der Waals surface area contributed by atoms with E-state index in [0.29, 0.717) is 17.3 Å². The number of benzene rings is 1. The van der Waals surface area contributed by atoms with Gasteiger partial charge in [-0.15, -0.1) is 0 Å². The van der Waals surface area contributed by atoms with Crippen molar-refractivity contribution in [3.8, 4) is 0 Å². The summed E-state index contributed by atoms with van der Waals surface area (Å²) in [4.78, 5) is 16.2. The summed E-state index contributed by atoms with van der Waals surface area (Å²) in [6.45, 7) is 4.26. The summed E-state index contributed by atoms with van der Waals surface area (Å²) in [5, 5.41) is 2.78. The third-order valence-electron chi connectivity index (χ3n) is 2.81. The molecule has 0 aliphatic heterocycles. The second-order valence-electron chi connectivity index (χ2n) is 4.59. The number of amides is 1. The Bertz CT molecular complexity index is 562. The van der Waals surface area contributed by atoms with Crippen LogP contribution < -0.4 is 5.32 Å². The fourth-order valence-corrected chi connectivity index (χ4v) is 1.98. The fourth-order valence-electron chi connectivity index (χ4n) is 1.66. The molecule has 1 N–H and O–H groups in total. The number of hydrogen-bond acceptors (Lipinski definition) is 2. The highest BCUT2D eigenvalue weighted by molar-refractivity contribution is 14.1. The first kappa shape index (κ1) is 14.0. The third-order valence-corrected chi connectivity index (χ3v) is 3.45. The van der Waals surface area contributed by atoms with Crippen LogP contribution in [0.2, 0.25) is 0 Å². The number of nitrogens with zero attached hydrogens (tertiary/aromatic N) is 1. The molecular weight excluding hydrogens is 351 g/mol. The molecule has 98 valence electrons. The van der Waals surface area contributed by atoms with Crippen molar-refractivity contribution in [1.29, 1.82) is 0 Å². The SMILES string of the molecule is CC(C)c1ccc(C(=O)Nc2ccc(I)cn2)cc1. The number of halogens is 1. The summed E-state index contributed by atoms with van der Waals surface area (Å²) < 4.78 is 1.04. The average molecular weight is 366 g/mol. The fraction of sp³-hybridized carbons (Fsp3) is 0.200. The van der Waals surface area contributed by atoms with Crippen LogP contribution in [0.4, 0.5) is 5.82 Å². The summed E-state index contributed by atoms with van der Waals surface area (Å²) in [5.41, 5.74) is 1.87. The van der Waals surface area contributed by atoms with Crippen molar-refractivity contribution in [2.24, 2.45) is 0 Å². The van der Waals surface area contributed by atoms with Gasteiger partial charge >= 0.3 is 0 Å². The Morgan fingerprint density at radius 1 is 1.16 bits per heavy atom. The van der Waals surface area contributed by atoms with E-state index in [-0.39, 0.29) is 5.91 Å². The number of pyridine rings is 1. The van der Waals surface area contributed by atoms with E-state index in [2.05, 4.69) is 46.7 Å². The van der Waals surface area contributed by atoms with Gasteiger partial charge < -0.3 is 5.32 Å². The number of nitrogens with one attached hydrogen (secondary N) is 1. The van der Waals surface area contributed by atoms with Crippen LogP contribution in [0.1, 0.15) is 35.7 Å². The number of anilines is 1. The lowest BCUT2D eigenvalue weighted by atomic mass is 10.0. The van der Waals surface area contributed by atoms with Crippen LogP contribution in [0.15, 0.2) is 42.6 Å². The monoisotopic (exact) mass is 366 g/mol. The van der Waals surface area contributed by atoms with Gasteiger partial charge in [0.05, 0.1) is 0 Å². The average Bonchev–Trinajstić information content (AvgIpc) is 2.41. The van der Waals surface area contributed by atoms with E-state index in [1.165, 1.54) is 5.56 Å². The molecule has 3 nitrogen and oxygen atoms in total. The second-order valence-corrected chi connectivity index (χ2v) is 5.84. The zero-order valence-electron chi connectivity index (χ0n) is 10.9. The van der Waals surface area contributed by atoms with Gasteiger partial charge in [-0.25, -0.2) is 4.98 Å². The van der Waals surface area contributed by atoms with E-state index >= 15 is 0 Å². The van der Waals surface area contributed by atoms with Crippen molar-refractivity contribution >= 4 is 34.3 Å². The van der Waals surface area contributed by atoms with Gasteiger partial charge in [-0.2, -0.15) is 0 Å². The summed E-state index contributed by atoms with van der Waals surface area (Å²) in [7, 11) is 0. The van der Waals surface area contributed by atoms with Gasteiger partial charge in [-0.05, 0) is 58.3 Å². The van der Waals surface area contributed by atoms with Crippen molar-refractivity contribution in [3.05, 3.63) is 57.3 Å². The topological polar surface area (TPSA) is 42.0 Å². The molecule has 0 fully saturated rings. The summed E-state index contributed by atoms with van der Waals surface area (Å²) in [5.74, 6) is 0.900. The molecule has 0 saturated heterocycles. The lowest BCUT2D eigenvalue weighted by Crippen LogP contribution is -2.12. The predicted octanol–water partition coefficient (Wildman–Crippen LogP) is 4.06. The zero-order chi connectivity index (χ0) is 13.8. The quantitative estimate of drug-likeness (QED) is 0.833. The maximum atomic E-state index is 12.0. The molecule has 1 amide bonds. The van der Waals surface area contributed by atoms with Crippen LogP contribution >= 0.6 is 22.6 Å². The van der Waals surface area contributed by atoms with E-state index in [0.717, 1.165) is 3.57 Å². The summed E-state index contributed by atoms with van der Waals surface area (Å²) in [6, 6.07) is 11.4. The first-order chi connectivity index (χ1) is 9.06. The van der Waals surface area contributed by atoms with Crippen LogP contribution in [0.25, 0.3) is 0 Å². The van der Waals surface area contributed by atoms with Crippen molar-refractivity contribution in [3.63, 3.8) is 0 Å². The number of rotatable bonds is 3. The van der Waals surface area contributed by atoms with Crippen LogP contribution in [0.3, 0.4) is 0 Å². The molecule has 4 heteroatoms. The number of hydrogen-bond donors (Lipinski definition) is 1. The molecule has 1 aromatic heterocycles. The van der Waals surface area contributed by atoms with Crippen molar-refractivity contribution in [1.82, 2.24) is 4.98 Å². The molecule has 0 aliphatic carbocycles. The molecular formula is C15H15IN2O. The van der Waals surface area contributed by atoms with Crippen LogP contribution in [-0.4, -0.2) is 10.9 Å². The van der Waals surface area contributed by atoms with E-state index in [4.69, 9.17) is 0 Å². The van der Waals surface area contributed by atoms with Gasteiger partial charge in [0.1, 0.15) is 5.82 Å². The second kappa shape index (κ2) is 6.14. The Morgan fingerprint density at radius 3 is 2.37 bits per heavy atom. The minimum Gasteiger partial charge on any atom is -0.307 e. The molecule has 0 spiro atoms. The predicted molar refractivity (Wildman–Crippen MR) is 85.4 cm³/mol. The number of carbonyl (C=O) groups is 1. The lowest BCUT2D eigenvalue weighted by Gasteiger charge is -2.07. The summed E-state index contributed by atoms with van der Waals surface area (Å²) >= 11 is 2.18. The Balaban J connectivity index is 2.09. The summed E-state index contributed by atoms with van der Waals surface area (Å²) in [6.07, 6.45) is 1.72. The molecule has 0 unspecified atom stereocenters. The van der Waals surface area contributed by atoms with Crippen LogP contribution in [0.5, 0.6) is 0 Å². The van der Waals surface area contributed by atoms with Crippen molar-refractivity contribution in [2.75, 3.05) is 5.32 Å². The molecule has 2 rings (SSSR count). The molecule has 1 aromatic carbocycles. The van der Waals surface area contributed by atoms with E-state index < -0.39 is 0 Å². The molecule has 19 heavy (non-hydrogen) atoms. The Labute approximate surface area is 126 Å². The maximum Gasteiger partial charge on any atom is 0.256 e. The molecule has 0 bridgehead atoms. The number of carbonyl (C=O) groups excluding carboxylic acids is 1. The highest BCUT2D eigenvalue weighted by Gasteiger charge is 2.07. The molecule has 2 aromatic rings. The molecule has 1 heterocycles. The maximum absolute atomic E-state index is 12.0. The van der Waals surface area contributed by atoms with Crippen molar-refractivity contribution in [2.45, 2.75) is 19.8 Å². The zero-order valence-corrected chi connectivity index (χ0v) is 13.0. The standard InChI is InChI=1S/C15H15IN2O/c1-10(2)11-3-5-12(6-4-11)15(19)18-14-8-7-13(16)9-17-14/h3-10H,1-2H3,(H,17,18,19). The normalized spacial score (nSPS) is 10.5. The highest BCUT2D eigenvalue weighted by Crippen LogP contribution is 2.15. The van der Waals surface area contributed by atoms with E-state index in [1.807, 2.05) is 30.3 Å². The minimum absolute atomic E-state index is 0.135. The molecule has 0 radical (unpaired) electrons. The van der Waals surface area contributed by atoms with E-state index in [1.54, 1.807) is 12.3 Å². The van der Waals surface area contributed by atoms with E-state index in [9.17, 15) is 4.79 Å². The largest absolute Gasteiger partial charge is 0.307 e. The minimum atomic E-state index is -0.135. The number of aromatic nitrogens is 1. The van der Waals surface area contributed by atoms with Gasteiger partial charge in [-0.3, -0.25) is 4.79 Å². The van der Waals surface area contributed by atoms with Crippen LogP contribution in [0, 0.1) is 3.57 Å². The third kappa shape index (κ3) is 3.76. The Morgan fingerprint density at radius 2 is 1.84 bits per heavy atom. The molecule has 0 atom stereocenters. The van der Waals surface area contributed by atoms with Gasteiger partial charge in [-0.1, -0.05) is 26.0 Å². The molecule has 0 saturated carbocycles. The van der Waals surface area contributed by atoms with Gasteiger partial charge in [0.15, 0.2) is 0 Å². The Hall–Kier alpha value is -1.43. The van der Waals surface area contributed by atoms with Gasteiger partial charge in [0, 0.05) is 15.3 Å². The van der Waals surface area contributed by atoms with Crippen molar-refractivity contribution < 1.29 is 4.79 Å². The highest BCUT2D eigenvalue weighted by atomic mass is 127. The van der Waals surface area contributed by atoms with Gasteiger partial charge in [0.2, 0.25) is 0 Å². The smallest absolute Gasteiger partial charge is 0.256 e. The first-order valence-corrected chi connectivity index (χ1v) is 7.17. The Kier molecular flexibility index (Phi) is 4.52.